The Kier molecular flexibility index (Phi) is 7.89. The Morgan fingerprint density at radius 2 is 2.00 bits per heavy atom. The molecule has 31 heavy (non-hydrogen) atoms. The second kappa shape index (κ2) is 10.8. The van der Waals surface area contributed by atoms with E-state index in [1.165, 1.54) is 0 Å². The van der Waals surface area contributed by atoms with Crippen molar-refractivity contribution in [3.8, 4) is 0 Å². The quantitative estimate of drug-likeness (QED) is 0.448. The van der Waals surface area contributed by atoms with Gasteiger partial charge in [-0.1, -0.05) is 30.7 Å². The van der Waals surface area contributed by atoms with Crippen LogP contribution in [0.4, 0.5) is 6.01 Å². The van der Waals surface area contributed by atoms with Crippen LogP contribution in [-0.4, -0.2) is 41.5 Å². The fourth-order valence-corrected chi connectivity index (χ4v) is 3.40. The minimum absolute atomic E-state index is 0.149. The van der Waals surface area contributed by atoms with Crippen molar-refractivity contribution in [1.82, 2.24) is 9.88 Å². The van der Waals surface area contributed by atoms with E-state index in [1.807, 2.05) is 31.2 Å². The van der Waals surface area contributed by atoms with Gasteiger partial charge in [-0.05, 0) is 49.2 Å². The van der Waals surface area contributed by atoms with E-state index >= 15 is 0 Å². The first-order valence-electron chi connectivity index (χ1n) is 10.3. The molecule has 3 rings (SSSR count). The number of ether oxygens (including phenoxy) is 1. The summed E-state index contributed by atoms with van der Waals surface area (Å²) in [5.74, 6) is -0.455. The Morgan fingerprint density at radius 1 is 1.16 bits per heavy atom. The third-order valence-electron chi connectivity index (χ3n) is 4.64. The molecule has 0 unspecified atom stereocenters. The van der Waals surface area contributed by atoms with Gasteiger partial charge in [0.15, 0.2) is 5.58 Å². The zero-order valence-corrected chi connectivity index (χ0v) is 18.4. The highest BCUT2D eigenvalue weighted by Crippen LogP contribution is 2.22. The third-order valence-corrected chi connectivity index (χ3v) is 4.87. The van der Waals surface area contributed by atoms with E-state index in [9.17, 15) is 9.59 Å². The van der Waals surface area contributed by atoms with Gasteiger partial charge in [-0.15, -0.1) is 0 Å². The Bertz CT molecular complexity index is 1050. The number of anilines is 1. The number of nitrogens with zero attached hydrogens (tertiary/aromatic N) is 2. The van der Waals surface area contributed by atoms with Gasteiger partial charge in [-0.25, -0.2) is 0 Å². The van der Waals surface area contributed by atoms with E-state index in [0.29, 0.717) is 53.9 Å². The summed E-state index contributed by atoms with van der Waals surface area (Å²) in [6.07, 6.45) is 0.960. The summed E-state index contributed by atoms with van der Waals surface area (Å²) < 4.78 is 10.7. The maximum absolute atomic E-state index is 13.0. The second-order valence-corrected chi connectivity index (χ2v) is 7.47. The van der Waals surface area contributed by atoms with E-state index in [0.717, 1.165) is 12.0 Å². The molecule has 1 amide bonds. The molecule has 0 atom stereocenters. The molecule has 1 heterocycles. The summed E-state index contributed by atoms with van der Waals surface area (Å²) in [7, 11) is 0. The number of nitrogens with one attached hydrogen (secondary N) is 1. The standard InChI is InChI=1S/C23H26ClN3O4/c1-3-11-27(12-10-21(28)30-4-2)22(29)17-8-9-20-19(14-17)26-23(31-20)25-15-16-6-5-7-18(24)13-16/h5-9,13-14H,3-4,10-12,15H2,1-2H3,(H,25,26). The molecule has 0 radical (unpaired) electrons. The highest BCUT2D eigenvalue weighted by molar-refractivity contribution is 6.30. The average molecular weight is 444 g/mol. The number of oxazole rings is 1. The van der Waals surface area contributed by atoms with Crippen molar-refractivity contribution in [1.29, 1.82) is 0 Å². The number of halogens is 1. The summed E-state index contributed by atoms with van der Waals surface area (Å²) in [5.41, 5.74) is 2.67. The minimum atomic E-state index is -0.307. The number of carbonyl (C=O) groups is 2. The molecule has 3 aromatic rings. The molecule has 1 N–H and O–H groups in total. The van der Waals surface area contributed by atoms with E-state index in [4.69, 9.17) is 20.8 Å². The van der Waals surface area contributed by atoms with Gasteiger partial charge in [0, 0.05) is 30.2 Å². The van der Waals surface area contributed by atoms with E-state index in [2.05, 4.69) is 10.3 Å². The Balaban J connectivity index is 1.69. The molecule has 7 nitrogen and oxygen atoms in total. The lowest BCUT2D eigenvalue weighted by atomic mass is 10.1. The number of rotatable bonds is 10. The van der Waals surface area contributed by atoms with Crippen LogP contribution in [0.2, 0.25) is 5.02 Å². The molecule has 0 fully saturated rings. The van der Waals surface area contributed by atoms with Crippen LogP contribution < -0.4 is 5.32 Å². The van der Waals surface area contributed by atoms with Crippen LogP contribution in [0.25, 0.3) is 11.1 Å². The Morgan fingerprint density at radius 3 is 2.74 bits per heavy atom. The third kappa shape index (κ3) is 6.21. The number of hydrogen-bond acceptors (Lipinski definition) is 6. The molecule has 0 saturated carbocycles. The first-order chi connectivity index (χ1) is 15.0. The molecule has 0 saturated heterocycles. The van der Waals surface area contributed by atoms with Crippen molar-refractivity contribution in [2.45, 2.75) is 33.2 Å². The maximum atomic E-state index is 13.0. The predicted octanol–water partition coefficient (Wildman–Crippen LogP) is 4.90. The summed E-state index contributed by atoms with van der Waals surface area (Å²) in [6, 6.07) is 13.0. The number of esters is 1. The molecule has 1 aromatic heterocycles. The van der Waals surface area contributed by atoms with E-state index < -0.39 is 0 Å². The fraction of sp³-hybridized carbons (Fsp3) is 0.348. The second-order valence-electron chi connectivity index (χ2n) is 7.03. The van der Waals surface area contributed by atoms with E-state index in [1.54, 1.807) is 30.0 Å². The monoisotopic (exact) mass is 443 g/mol. The van der Waals surface area contributed by atoms with Crippen LogP contribution in [0.1, 0.15) is 42.6 Å². The Labute approximate surface area is 186 Å². The molecule has 164 valence electrons. The molecular weight excluding hydrogens is 418 g/mol. The predicted molar refractivity (Wildman–Crippen MR) is 120 cm³/mol. The van der Waals surface area contributed by atoms with Gasteiger partial charge in [0.05, 0.1) is 13.0 Å². The topological polar surface area (TPSA) is 84.7 Å². The van der Waals surface area contributed by atoms with Crippen LogP contribution in [0.15, 0.2) is 46.9 Å². The van der Waals surface area contributed by atoms with Crippen molar-refractivity contribution in [3.05, 3.63) is 58.6 Å². The van der Waals surface area contributed by atoms with Crippen LogP contribution in [0.5, 0.6) is 0 Å². The van der Waals surface area contributed by atoms with Crippen LogP contribution in [0, 0.1) is 0 Å². The summed E-state index contributed by atoms with van der Waals surface area (Å²) in [6.45, 7) is 5.46. The molecule has 0 aliphatic carbocycles. The first kappa shape index (κ1) is 22.6. The number of amides is 1. The maximum Gasteiger partial charge on any atom is 0.307 e. The normalized spacial score (nSPS) is 10.8. The summed E-state index contributed by atoms with van der Waals surface area (Å²) in [4.78, 5) is 30.8. The number of aromatic nitrogens is 1. The summed E-state index contributed by atoms with van der Waals surface area (Å²) in [5, 5.41) is 3.80. The Hall–Kier alpha value is -3.06. The summed E-state index contributed by atoms with van der Waals surface area (Å²) >= 11 is 6.01. The molecular formula is C23H26ClN3O4. The van der Waals surface area contributed by atoms with Crippen molar-refractivity contribution in [2.24, 2.45) is 0 Å². The average Bonchev–Trinajstić information content (AvgIpc) is 3.17. The number of fused-ring (bicyclic) bond motifs is 1. The van der Waals surface area contributed by atoms with Crippen LogP contribution >= 0.6 is 11.6 Å². The zero-order chi connectivity index (χ0) is 22.2. The lowest BCUT2D eigenvalue weighted by molar-refractivity contribution is -0.143. The highest BCUT2D eigenvalue weighted by Gasteiger charge is 2.18. The van der Waals surface area contributed by atoms with Gasteiger partial charge >= 0.3 is 5.97 Å². The van der Waals surface area contributed by atoms with Gasteiger partial charge in [-0.2, -0.15) is 4.98 Å². The first-order valence-corrected chi connectivity index (χ1v) is 10.7. The van der Waals surface area contributed by atoms with Gasteiger partial charge in [-0.3, -0.25) is 9.59 Å². The van der Waals surface area contributed by atoms with Gasteiger partial charge in [0.1, 0.15) is 5.52 Å². The number of benzene rings is 2. The lowest BCUT2D eigenvalue weighted by Crippen LogP contribution is -2.34. The van der Waals surface area contributed by atoms with Crippen LogP contribution in [-0.2, 0) is 16.1 Å². The van der Waals surface area contributed by atoms with Crippen molar-refractivity contribution < 1.29 is 18.7 Å². The van der Waals surface area contributed by atoms with Crippen molar-refractivity contribution in [3.63, 3.8) is 0 Å². The lowest BCUT2D eigenvalue weighted by Gasteiger charge is -2.21. The molecule has 0 aliphatic heterocycles. The molecule has 0 aliphatic rings. The zero-order valence-electron chi connectivity index (χ0n) is 17.7. The highest BCUT2D eigenvalue weighted by atomic mass is 35.5. The SMILES string of the molecule is CCCN(CCC(=O)OCC)C(=O)c1ccc2oc(NCc3cccc(Cl)c3)nc2c1. The molecule has 8 heteroatoms. The molecule has 0 bridgehead atoms. The number of hydrogen-bond donors (Lipinski definition) is 1. The van der Waals surface area contributed by atoms with Gasteiger partial charge in [0.25, 0.3) is 11.9 Å². The number of carbonyl (C=O) groups excluding carboxylic acids is 2. The minimum Gasteiger partial charge on any atom is -0.466 e. The van der Waals surface area contributed by atoms with Gasteiger partial charge < -0.3 is 19.4 Å². The van der Waals surface area contributed by atoms with Crippen molar-refractivity contribution >= 4 is 40.6 Å². The molecule has 2 aromatic carbocycles. The fourth-order valence-electron chi connectivity index (χ4n) is 3.19. The largest absolute Gasteiger partial charge is 0.466 e. The molecule has 0 spiro atoms. The smallest absolute Gasteiger partial charge is 0.307 e. The van der Waals surface area contributed by atoms with Crippen LogP contribution in [0.3, 0.4) is 0 Å². The van der Waals surface area contributed by atoms with E-state index in [-0.39, 0.29) is 18.3 Å². The van der Waals surface area contributed by atoms with Crippen molar-refractivity contribution in [2.75, 3.05) is 25.0 Å². The van der Waals surface area contributed by atoms with Gasteiger partial charge in [0.2, 0.25) is 0 Å².